The number of hydrogen-bond donors (Lipinski definition) is 11. The van der Waals surface area contributed by atoms with Crippen LogP contribution in [0.25, 0.3) is 0 Å². The summed E-state index contributed by atoms with van der Waals surface area (Å²) in [6.45, 7) is -2.09. The molecule has 19 nitrogen and oxygen atoms in total. The van der Waals surface area contributed by atoms with Gasteiger partial charge in [-0.25, -0.2) is 0 Å². The summed E-state index contributed by atoms with van der Waals surface area (Å²) >= 11 is 0. The van der Waals surface area contributed by atoms with Crippen LogP contribution in [0.2, 0.25) is 0 Å². The Morgan fingerprint density at radius 3 is 1.91 bits per heavy atom. The molecule has 1 aromatic rings. The largest absolute Gasteiger partial charge is 0.427 e. The molecule has 14 N–H and O–H groups in total. The Balaban J connectivity index is 1.62. The van der Waals surface area contributed by atoms with E-state index in [2.05, 4.69) is 0 Å². The van der Waals surface area contributed by atoms with E-state index in [1.807, 2.05) is 0 Å². The van der Waals surface area contributed by atoms with Crippen LogP contribution in [0, 0.1) is 0 Å². The summed E-state index contributed by atoms with van der Waals surface area (Å²) in [5, 5.41) is 84.5. The summed E-state index contributed by atoms with van der Waals surface area (Å²) in [5.41, 5.74) is 15.0. The molecule has 3 heterocycles. The predicted molar refractivity (Wildman–Crippen MR) is 148 cm³/mol. The third-order valence-corrected chi connectivity index (χ3v) is 8.30. The molecule has 260 valence electrons. The number of nitrogens with two attached hydrogens (primary N) is 3. The number of carbonyl (C=O) groups is 2. The zero-order valence-corrected chi connectivity index (χ0v) is 24.6. The van der Waals surface area contributed by atoms with E-state index in [0.717, 1.165) is 6.92 Å². The summed E-state index contributed by atoms with van der Waals surface area (Å²) in [5.74, 6) is -5.55. The molecule has 3 aliphatic rings. The van der Waals surface area contributed by atoms with Crippen molar-refractivity contribution in [3.05, 3.63) is 35.9 Å². The number of benzene rings is 1. The molecule has 0 radical (unpaired) electrons. The molecule has 3 fully saturated rings. The normalized spacial score (nSPS) is 44.8. The zero-order valence-electron chi connectivity index (χ0n) is 24.6. The molecule has 1 aromatic carbocycles. The third-order valence-electron chi connectivity index (χ3n) is 8.30. The van der Waals surface area contributed by atoms with Crippen molar-refractivity contribution in [1.29, 1.82) is 0 Å². The fraction of sp³-hybridized carbons (Fsp3) is 0.704. The molecule has 2 unspecified atom stereocenters. The van der Waals surface area contributed by atoms with E-state index in [1.165, 1.54) is 24.3 Å². The first-order valence-corrected chi connectivity index (χ1v) is 14.3. The molecule has 0 amide bonds. The lowest BCUT2D eigenvalue weighted by Crippen LogP contribution is -2.79. The summed E-state index contributed by atoms with van der Waals surface area (Å²) in [6.07, 6.45) is -16.7. The highest BCUT2D eigenvalue weighted by atomic mass is 16.8. The van der Waals surface area contributed by atoms with Crippen LogP contribution in [0.1, 0.15) is 17.3 Å². The SMILES string of the molecule is CC(=O)O[C@@]1(O)[C@H](O)[C@@H](N)[C@@H](OC2[C@@H](CO)O[C@@H](OC3[C@@H](CO)O[C@@H](O)[C@H](N)[C@H]3O)[C@H](N)[C@H]2O)O[C@]1(CO)C(=O)c1ccccc1. The molecule has 0 spiro atoms. The van der Waals surface area contributed by atoms with Crippen molar-refractivity contribution in [3.8, 4) is 0 Å². The molecule has 15 atom stereocenters. The number of hydrogen-bond acceptors (Lipinski definition) is 19. The number of Topliss-reactive ketones (excluding diaryl/α,β-unsaturated/α-hetero) is 1. The van der Waals surface area contributed by atoms with Gasteiger partial charge in [0, 0.05) is 12.5 Å². The lowest BCUT2D eigenvalue weighted by atomic mass is 9.77. The van der Waals surface area contributed by atoms with Crippen LogP contribution in [0.5, 0.6) is 0 Å². The maximum Gasteiger partial charge on any atom is 0.305 e. The van der Waals surface area contributed by atoms with E-state index in [9.17, 15) is 50.4 Å². The van der Waals surface area contributed by atoms with Gasteiger partial charge in [-0.2, -0.15) is 0 Å². The first-order chi connectivity index (χ1) is 21.7. The quantitative estimate of drug-likeness (QED) is 0.0629. The summed E-state index contributed by atoms with van der Waals surface area (Å²) in [6, 6.07) is 2.41. The van der Waals surface area contributed by atoms with Crippen LogP contribution in [-0.4, -0.2) is 164 Å². The van der Waals surface area contributed by atoms with Crippen LogP contribution < -0.4 is 17.2 Å². The lowest BCUT2D eigenvalue weighted by Gasteiger charge is -2.54. The second kappa shape index (κ2) is 14.5. The Bertz CT molecular complexity index is 1200. The standard InChI is InChI=1S/C27H41N3O16/c1-10(34)45-27(40)22(38)16(30)25(46-26(27,9-33)21(37)11-5-3-2-4-6-11)44-20-13(8-32)42-24(15(29)18(20)36)43-19-12(7-31)41-23(39)14(28)17(19)35/h2-6,12-20,22-25,31-33,35-36,38-40H,7-9,28-30H2,1H3/t12-,13-,14-,15-,16-,17-,18-,19?,20?,22-,23-,24+,25+,26-,27+/m1/s1. The van der Waals surface area contributed by atoms with Crippen molar-refractivity contribution in [1.82, 2.24) is 0 Å². The number of aliphatic hydroxyl groups excluding tert-OH is 7. The van der Waals surface area contributed by atoms with Gasteiger partial charge in [-0.1, -0.05) is 30.3 Å². The second-order valence-corrected chi connectivity index (χ2v) is 11.3. The van der Waals surface area contributed by atoms with Crippen molar-refractivity contribution >= 4 is 11.8 Å². The Morgan fingerprint density at radius 2 is 1.37 bits per heavy atom. The molecule has 3 saturated heterocycles. The molecular weight excluding hydrogens is 622 g/mol. The molecule has 0 aliphatic carbocycles. The van der Waals surface area contributed by atoms with Crippen LogP contribution >= 0.6 is 0 Å². The summed E-state index contributed by atoms with van der Waals surface area (Å²) in [7, 11) is 0. The average Bonchev–Trinajstić information content (AvgIpc) is 3.04. The summed E-state index contributed by atoms with van der Waals surface area (Å²) < 4.78 is 33.1. The number of rotatable bonds is 10. The summed E-state index contributed by atoms with van der Waals surface area (Å²) in [4.78, 5) is 25.7. The maximum absolute atomic E-state index is 13.8. The van der Waals surface area contributed by atoms with E-state index in [1.54, 1.807) is 6.07 Å². The average molecular weight is 664 g/mol. The van der Waals surface area contributed by atoms with Crippen molar-refractivity contribution in [2.24, 2.45) is 17.2 Å². The monoisotopic (exact) mass is 663 g/mol. The molecule has 3 aliphatic heterocycles. The van der Waals surface area contributed by atoms with Crippen LogP contribution in [0.4, 0.5) is 0 Å². The fourth-order valence-electron chi connectivity index (χ4n) is 5.71. The highest BCUT2D eigenvalue weighted by molar-refractivity contribution is 6.04. The smallest absolute Gasteiger partial charge is 0.305 e. The first kappa shape index (κ1) is 36.6. The van der Waals surface area contributed by atoms with Crippen molar-refractivity contribution in [2.75, 3.05) is 19.8 Å². The minimum absolute atomic E-state index is 0.137. The van der Waals surface area contributed by atoms with Gasteiger partial charge < -0.3 is 86.5 Å². The van der Waals surface area contributed by atoms with E-state index in [0.29, 0.717) is 0 Å². The van der Waals surface area contributed by atoms with Crippen molar-refractivity contribution < 1.29 is 78.9 Å². The molecule has 0 aromatic heterocycles. The van der Waals surface area contributed by atoms with Crippen LogP contribution in [-0.2, 0) is 33.2 Å². The second-order valence-electron chi connectivity index (χ2n) is 11.3. The first-order valence-electron chi connectivity index (χ1n) is 14.3. The van der Waals surface area contributed by atoms with E-state index >= 15 is 0 Å². The highest BCUT2D eigenvalue weighted by Crippen LogP contribution is 2.42. The van der Waals surface area contributed by atoms with Gasteiger partial charge in [0.1, 0.15) is 42.7 Å². The Hall–Kier alpha value is -2.28. The van der Waals surface area contributed by atoms with Gasteiger partial charge in [0.15, 0.2) is 18.9 Å². The number of ether oxygens (including phenoxy) is 6. The molecule has 4 rings (SSSR count). The third kappa shape index (κ3) is 6.43. The number of esters is 1. The molecular formula is C27H41N3O16. The van der Waals surface area contributed by atoms with Gasteiger partial charge in [-0.05, 0) is 0 Å². The minimum atomic E-state index is -3.24. The fourth-order valence-corrected chi connectivity index (χ4v) is 5.71. The Morgan fingerprint density at radius 1 is 0.826 bits per heavy atom. The van der Waals surface area contributed by atoms with E-state index < -0.39 is 123 Å². The topological polar surface area (TPSA) is 329 Å². The van der Waals surface area contributed by atoms with Gasteiger partial charge in [0.25, 0.3) is 5.79 Å². The molecule has 0 saturated carbocycles. The number of aliphatic hydroxyl groups is 8. The Labute approximate surface area is 261 Å². The molecule has 46 heavy (non-hydrogen) atoms. The van der Waals surface area contributed by atoms with Gasteiger partial charge in [0.05, 0.1) is 37.9 Å². The van der Waals surface area contributed by atoms with Crippen LogP contribution in [0.3, 0.4) is 0 Å². The highest BCUT2D eigenvalue weighted by Gasteiger charge is 2.70. The maximum atomic E-state index is 13.8. The predicted octanol–water partition coefficient (Wildman–Crippen LogP) is -6.53. The van der Waals surface area contributed by atoms with Crippen molar-refractivity contribution in [3.63, 3.8) is 0 Å². The van der Waals surface area contributed by atoms with Gasteiger partial charge >= 0.3 is 5.97 Å². The van der Waals surface area contributed by atoms with Gasteiger partial charge in [0.2, 0.25) is 11.4 Å². The molecule has 0 bridgehead atoms. The van der Waals surface area contributed by atoms with E-state index in [4.69, 9.17) is 45.6 Å². The van der Waals surface area contributed by atoms with Crippen molar-refractivity contribution in [2.45, 2.75) is 98.0 Å². The molecule has 19 heteroatoms. The minimum Gasteiger partial charge on any atom is -0.427 e. The van der Waals surface area contributed by atoms with Crippen LogP contribution in [0.15, 0.2) is 30.3 Å². The Kier molecular flexibility index (Phi) is 11.5. The lowest BCUT2D eigenvalue weighted by molar-refractivity contribution is -0.402. The number of ketones is 1. The number of carbonyl (C=O) groups excluding carboxylic acids is 2. The van der Waals surface area contributed by atoms with E-state index in [-0.39, 0.29) is 5.56 Å². The zero-order chi connectivity index (χ0) is 34.1. The van der Waals surface area contributed by atoms with Gasteiger partial charge in [-0.3, -0.25) is 9.59 Å². The van der Waals surface area contributed by atoms with Gasteiger partial charge in [-0.15, -0.1) is 0 Å².